The lowest BCUT2D eigenvalue weighted by atomic mass is 9.99. The highest BCUT2D eigenvalue weighted by Gasteiger charge is 2.28. The molecule has 3 rings (SSSR count). The van der Waals surface area contributed by atoms with E-state index >= 15 is 0 Å². The van der Waals surface area contributed by atoms with Crippen molar-refractivity contribution in [3.63, 3.8) is 0 Å². The van der Waals surface area contributed by atoms with E-state index in [1.807, 2.05) is 11.0 Å². The zero-order valence-electron chi connectivity index (χ0n) is 11.8. The zero-order valence-corrected chi connectivity index (χ0v) is 11.8. The van der Waals surface area contributed by atoms with E-state index in [0.29, 0.717) is 5.92 Å². The Morgan fingerprint density at radius 3 is 2.65 bits per heavy atom. The van der Waals surface area contributed by atoms with Crippen LogP contribution in [0.4, 0.5) is 4.79 Å². The number of urea groups is 1. The third kappa shape index (κ3) is 3.12. The van der Waals surface area contributed by atoms with Crippen molar-refractivity contribution in [3.05, 3.63) is 35.9 Å². The first-order valence-corrected chi connectivity index (χ1v) is 7.51. The number of benzene rings is 1. The zero-order chi connectivity index (χ0) is 13.8. The minimum absolute atomic E-state index is 0.0929. The Balaban J connectivity index is 1.53. The number of hydrogen-bond acceptors (Lipinski definition) is 2. The van der Waals surface area contributed by atoms with Crippen LogP contribution in [0.3, 0.4) is 0 Å². The Hall–Kier alpha value is -1.55. The van der Waals surface area contributed by atoms with Gasteiger partial charge in [-0.3, -0.25) is 0 Å². The molecule has 4 nitrogen and oxygen atoms in total. The SMILES string of the molecule is O=C(NC1CCOCC1)N1CC[C@H](c2ccccc2)C1. The molecule has 20 heavy (non-hydrogen) atoms. The maximum absolute atomic E-state index is 12.3. The summed E-state index contributed by atoms with van der Waals surface area (Å²) in [6, 6.07) is 10.9. The number of amides is 2. The van der Waals surface area contributed by atoms with Crippen LogP contribution in [0.15, 0.2) is 30.3 Å². The summed E-state index contributed by atoms with van der Waals surface area (Å²) >= 11 is 0. The Labute approximate surface area is 120 Å². The summed E-state index contributed by atoms with van der Waals surface area (Å²) in [6.07, 6.45) is 2.93. The van der Waals surface area contributed by atoms with Crippen LogP contribution in [0.25, 0.3) is 0 Å². The van der Waals surface area contributed by atoms with Crippen LogP contribution in [-0.2, 0) is 4.74 Å². The molecule has 108 valence electrons. The molecular formula is C16H22N2O2. The van der Waals surface area contributed by atoms with Crippen LogP contribution in [0.1, 0.15) is 30.7 Å². The molecule has 0 saturated carbocycles. The normalized spacial score (nSPS) is 23.8. The van der Waals surface area contributed by atoms with E-state index in [0.717, 1.165) is 45.6 Å². The van der Waals surface area contributed by atoms with Gasteiger partial charge in [0.25, 0.3) is 0 Å². The molecule has 0 aliphatic carbocycles. The Morgan fingerprint density at radius 1 is 1.15 bits per heavy atom. The van der Waals surface area contributed by atoms with E-state index in [9.17, 15) is 4.79 Å². The largest absolute Gasteiger partial charge is 0.381 e. The van der Waals surface area contributed by atoms with Gasteiger partial charge in [-0.15, -0.1) is 0 Å². The Kier molecular flexibility index (Phi) is 4.21. The molecule has 0 aromatic heterocycles. The fourth-order valence-corrected chi connectivity index (χ4v) is 3.05. The van der Waals surface area contributed by atoms with Gasteiger partial charge in [0.1, 0.15) is 0 Å². The van der Waals surface area contributed by atoms with Gasteiger partial charge < -0.3 is 15.0 Å². The smallest absolute Gasteiger partial charge is 0.317 e. The number of likely N-dealkylation sites (tertiary alicyclic amines) is 1. The van der Waals surface area contributed by atoms with Gasteiger partial charge in [-0.25, -0.2) is 4.79 Å². The lowest BCUT2D eigenvalue weighted by Crippen LogP contribution is -2.45. The third-order valence-corrected chi connectivity index (χ3v) is 4.30. The lowest BCUT2D eigenvalue weighted by molar-refractivity contribution is 0.0785. The van der Waals surface area contributed by atoms with Crippen molar-refractivity contribution in [2.45, 2.75) is 31.2 Å². The summed E-state index contributed by atoms with van der Waals surface area (Å²) in [5, 5.41) is 3.14. The van der Waals surface area contributed by atoms with Crippen LogP contribution in [0.5, 0.6) is 0 Å². The molecule has 0 bridgehead atoms. The average Bonchev–Trinajstić information content (AvgIpc) is 2.99. The first-order chi connectivity index (χ1) is 9.83. The van der Waals surface area contributed by atoms with Gasteiger partial charge in [0.15, 0.2) is 0 Å². The van der Waals surface area contributed by atoms with Crippen molar-refractivity contribution in [1.82, 2.24) is 10.2 Å². The molecule has 4 heteroatoms. The van der Waals surface area contributed by atoms with E-state index in [2.05, 4.69) is 29.6 Å². The summed E-state index contributed by atoms with van der Waals surface area (Å²) in [4.78, 5) is 14.2. The molecule has 2 aliphatic heterocycles. The van der Waals surface area contributed by atoms with E-state index in [1.54, 1.807) is 0 Å². The second kappa shape index (κ2) is 6.27. The highest BCUT2D eigenvalue weighted by molar-refractivity contribution is 5.75. The molecule has 2 heterocycles. The summed E-state index contributed by atoms with van der Waals surface area (Å²) in [5.74, 6) is 0.483. The van der Waals surface area contributed by atoms with Gasteiger partial charge in [0.2, 0.25) is 0 Å². The van der Waals surface area contributed by atoms with Gasteiger partial charge in [-0.1, -0.05) is 30.3 Å². The molecule has 0 spiro atoms. The molecule has 2 fully saturated rings. The van der Waals surface area contributed by atoms with E-state index in [4.69, 9.17) is 4.74 Å². The van der Waals surface area contributed by atoms with Crippen molar-refractivity contribution >= 4 is 6.03 Å². The van der Waals surface area contributed by atoms with Gasteiger partial charge in [-0.2, -0.15) is 0 Å². The van der Waals surface area contributed by atoms with Crippen molar-refractivity contribution in [2.24, 2.45) is 0 Å². The minimum atomic E-state index is 0.0929. The van der Waals surface area contributed by atoms with Gasteiger partial charge >= 0.3 is 6.03 Å². The quantitative estimate of drug-likeness (QED) is 0.899. The standard InChI is InChI=1S/C16H22N2O2/c19-16(17-15-7-10-20-11-8-15)18-9-6-14(12-18)13-4-2-1-3-5-13/h1-5,14-15H,6-12H2,(H,17,19)/t14-/m0/s1. The van der Waals surface area contributed by atoms with E-state index < -0.39 is 0 Å². The maximum atomic E-state index is 12.3. The van der Waals surface area contributed by atoms with Gasteiger partial charge in [0, 0.05) is 38.3 Å². The van der Waals surface area contributed by atoms with Crippen LogP contribution in [0, 0.1) is 0 Å². The molecule has 0 radical (unpaired) electrons. The molecule has 1 aromatic carbocycles. The van der Waals surface area contributed by atoms with E-state index in [1.165, 1.54) is 5.56 Å². The minimum Gasteiger partial charge on any atom is -0.381 e. The third-order valence-electron chi connectivity index (χ3n) is 4.30. The topological polar surface area (TPSA) is 41.6 Å². The number of ether oxygens (including phenoxy) is 1. The number of hydrogen-bond donors (Lipinski definition) is 1. The second-order valence-corrected chi connectivity index (χ2v) is 5.68. The molecule has 2 amide bonds. The predicted molar refractivity (Wildman–Crippen MR) is 77.7 cm³/mol. The second-order valence-electron chi connectivity index (χ2n) is 5.68. The molecule has 1 atom stereocenters. The number of carbonyl (C=O) groups excluding carboxylic acids is 1. The number of carbonyl (C=O) groups is 1. The summed E-state index contributed by atoms with van der Waals surface area (Å²) < 4.78 is 5.32. The highest BCUT2D eigenvalue weighted by atomic mass is 16.5. The van der Waals surface area contributed by atoms with Gasteiger partial charge in [-0.05, 0) is 24.8 Å². The summed E-state index contributed by atoms with van der Waals surface area (Å²) in [5.41, 5.74) is 1.34. The monoisotopic (exact) mass is 274 g/mol. The maximum Gasteiger partial charge on any atom is 0.317 e. The lowest BCUT2D eigenvalue weighted by Gasteiger charge is -2.26. The molecular weight excluding hydrogens is 252 g/mol. The van der Waals surface area contributed by atoms with E-state index in [-0.39, 0.29) is 12.1 Å². The molecule has 2 aliphatic rings. The molecule has 1 N–H and O–H groups in total. The van der Waals surface area contributed by atoms with Crippen LogP contribution >= 0.6 is 0 Å². The van der Waals surface area contributed by atoms with Gasteiger partial charge in [0.05, 0.1) is 0 Å². The molecule has 0 unspecified atom stereocenters. The van der Waals surface area contributed by atoms with Crippen molar-refractivity contribution < 1.29 is 9.53 Å². The Bertz CT molecular complexity index is 443. The van der Waals surface area contributed by atoms with Crippen LogP contribution < -0.4 is 5.32 Å². The summed E-state index contributed by atoms with van der Waals surface area (Å²) in [7, 11) is 0. The Morgan fingerprint density at radius 2 is 1.90 bits per heavy atom. The van der Waals surface area contributed by atoms with Crippen molar-refractivity contribution in [1.29, 1.82) is 0 Å². The average molecular weight is 274 g/mol. The number of nitrogens with one attached hydrogen (secondary N) is 1. The highest BCUT2D eigenvalue weighted by Crippen LogP contribution is 2.26. The van der Waals surface area contributed by atoms with Crippen LogP contribution in [-0.4, -0.2) is 43.3 Å². The summed E-state index contributed by atoms with van der Waals surface area (Å²) in [6.45, 7) is 3.21. The first-order valence-electron chi connectivity index (χ1n) is 7.51. The molecule has 1 aromatic rings. The number of rotatable bonds is 2. The van der Waals surface area contributed by atoms with Crippen molar-refractivity contribution in [2.75, 3.05) is 26.3 Å². The fraction of sp³-hybridized carbons (Fsp3) is 0.562. The first kappa shape index (κ1) is 13.4. The molecule has 2 saturated heterocycles. The predicted octanol–water partition coefficient (Wildman–Crippen LogP) is 2.36. The number of nitrogens with zero attached hydrogens (tertiary/aromatic N) is 1. The van der Waals surface area contributed by atoms with Crippen molar-refractivity contribution in [3.8, 4) is 0 Å². The van der Waals surface area contributed by atoms with Crippen LogP contribution in [0.2, 0.25) is 0 Å². The fourth-order valence-electron chi connectivity index (χ4n) is 3.05.